The smallest absolute Gasteiger partial charge is 0.253 e. The minimum Gasteiger partial charge on any atom is -0.338 e. The highest BCUT2D eigenvalue weighted by Crippen LogP contribution is 2.10. The molecule has 0 heterocycles. The van der Waals surface area contributed by atoms with Crippen LogP contribution in [0.3, 0.4) is 0 Å². The molecule has 116 valence electrons. The van der Waals surface area contributed by atoms with Crippen molar-refractivity contribution < 1.29 is 4.79 Å². The number of nitrogens with two attached hydrogens (primary N) is 1. The van der Waals surface area contributed by atoms with E-state index in [9.17, 15) is 4.79 Å². The summed E-state index contributed by atoms with van der Waals surface area (Å²) in [6, 6.07) is 7.80. The van der Waals surface area contributed by atoms with Crippen LogP contribution in [0.25, 0.3) is 0 Å². The van der Waals surface area contributed by atoms with Crippen molar-refractivity contribution in [2.24, 2.45) is 5.73 Å². The summed E-state index contributed by atoms with van der Waals surface area (Å²) < 4.78 is 0. The first-order chi connectivity index (χ1) is 8.45. The number of benzene rings is 1. The minimum absolute atomic E-state index is 0. The Morgan fingerprint density at radius 1 is 1.25 bits per heavy atom. The van der Waals surface area contributed by atoms with Gasteiger partial charge in [-0.1, -0.05) is 12.1 Å². The lowest BCUT2D eigenvalue weighted by Crippen LogP contribution is -2.39. The number of likely N-dealkylation sites (N-methyl/N-ethyl adjacent to an activating group) is 1. The molecule has 1 rings (SSSR count). The summed E-state index contributed by atoms with van der Waals surface area (Å²) in [6.07, 6.45) is 0. The molecule has 0 aliphatic heterocycles. The van der Waals surface area contributed by atoms with Crippen molar-refractivity contribution in [3.8, 4) is 0 Å². The Hall–Kier alpha value is -0.810. The number of amides is 1. The molecule has 4 nitrogen and oxygen atoms in total. The molecule has 0 aliphatic rings. The molecular weight excluding hydrogens is 297 g/mol. The van der Waals surface area contributed by atoms with Gasteiger partial charge in [-0.3, -0.25) is 4.79 Å². The monoisotopic (exact) mass is 321 g/mol. The van der Waals surface area contributed by atoms with Gasteiger partial charge in [-0.05, 0) is 38.7 Å². The van der Waals surface area contributed by atoms with Crippen molar-refractivity contribution >= 4 is 30.7 Å². The Bertz CT molecular complexity index is 413. The number of hydrogen-bond donors (Lipinski definition) is 1. The predicted molar refractivity (Wildman–Crippen MR) is 88.9 cm³/mol. The molecule has 0 saturated heterocycles. The number of halogens is 2. The predicted octanol–water partition coefficient (Wildman–Crippen LogP) is 2.01. The van der Waals surface area contributed by atoms with Crippen molar-refractivity contribution in [2.75, 3.05) is 27.7 Å². The first-order valence-corrected chi connectivity index (χ1v) is 6.16. The van der Waals surface area contributed by atoms with Gasteiger partial charge >= 0.3 is 0 Å². The lowest BCUT2D eigenvalue weighted by molar-refractivity contribution is 0.0748. The van der Waals surface area contributed by atoms with Gasteiger partial charge in [0.2, 0.25) is 0 Å². The second-order valence-corrected chi connectivity index (χ2v) is 4.94. The third kappa shape index (κ3) is 6.09. The van der Waals surface area contributed by atoms with E-state index in [2.05, 4.69) is 4.90 Å². The van der Waals surface area contributed by atoms with E-state index in [0.717, 1.165) is 17.7 Å². The average molecular weight is 322 g/mol. The van der Waals surface area contributed by atoms with E-state index in [-0.39, 0.29) is 36.8 Å². The third-order valence-corrected chi connectivity index (χ3v) is 3.00. The van der Waals surface area contributed by atoms with E-state index in [1.54, 1.807) is 11.9 Å². The molecule has 6 heteroatoms. The Kier molecular flexibility index (Phi) is 10.7. The molecule has 0 saturated carbocycles. The summed E-state index contributed by atoms with van der Waals surface area (Å²) in [5.41, 5.74) is 7.44. The number of nitrogens with zero attached hydrogens (tertiary/aromatic N) is 2. The highest BCUT2D eigenvalue weighted by molar-refractivity contribution is 5.94. The molecule has 1 aromatic rings. The molecule has 0 radical (unpaired) electrons. The fourth-order valence-corrected chi connectivity index (χ4v) is 1.73. The summed E-state index contributed by atoms with van der Waals surface area (Å²) in [7, 11) is 5.81. The molecule has 1 atom stereocenters. The summed E-state index contributed by atoms with van der Waals surface area (Å²) in [4.78, 5) is 16.0. The van der Waals surface area contributed by atoms with E-state index >= 15 is 0 Å². The normalized spacial score (nSPS) is 11.3. The summed E-state index contributed by atoms with van der Waals surface area (Å²) in [5.74, 6) is 0.0218. The van der Waals surface area contributed by atoms with Crippen molar-refractivity contribution in [2.45, 2.75) is 19.5 Å². The van der Waals surface area contributed by atoms with Crippen molar-refractivity contribution in [1.29, 1.82) is 0 Å². The maximum absolute atomic E-state index is 12.2. The zero-order valence-corrected chi connectivity index (χ0v) is 14.1. The molecule has 0 spiro atoms. The van der Waals surface area contributed by atoms with Gasteiger partial charge in [-0.2, -0.15) is 0 Å². The summed E-state index contributed by atoms with van der Waals surface area (Å²) in [5, 5.41) is 0. The molecule has 1 unspecified atom stereocenters. The third-order valence-electron chi connectivity index (χ3n) is 3.00. The lowest BCUT2D eigenvalue weighted by atomic mass is 10.1. The van der Waals surface area contributed by atoms with Crippen LogP contribution in [0.5, 0.6) is 0 Å². The lowest BCUT2D eigenvalue weighted by Gasteiger charge is -2.24. The van der Waals surface area contributed by atoms with Gasteiger partial charge in [0, 0.05) is 31.7 Å². The Morgan fingerprint density at radius 2 is 1.85 bits per heavy atom. The average Bonchev–Trinajstić information content (AvgIpc) is 2.35. The number of rotatable bonds is 5. The van der Waals surface area contributed by atoms with E-state index < -0.39 is 0 Å². The molecule has 0 fully saturated rings. The maximum atomic E-state index is 12.2. The molecule has 1 amide bonds. The summed E-state index contributed by atoms with van der Waals surface area (Å²) >= 11 is 0. The SMILES string of the molecule is CC(CN)N(C)C(=O)c1cccc(CN(C)C)c1.Cl.Cl. The molecule has 1 aromatic carbocycles. The topological polar surface area (TPSA) is 49.6 Å². The van der Waals surface area contributed by atoms with Gasteiger partial charge in [0.25, 0.3) is 5.91 Å². The highest BCUT2D eigenvalue weighted by atomic mass is 35.5. The van der Waals surface area contributed by atoms with Crippen molar-refractivity contribution in [3.63, 3.8) is 0 Å². The molecule has 2 N–H and O–H groups in total. The van der Waals surface area contributed by atoms with E-state index in [0.29, 0.717) is 6.54 Å². The van der Waals surface area contributed by atoms with Crippen LogP contribution < -0.4 is 5.73 Å². The van der Waals surface area contributed by atoms with Gasteiger partial charge in [0.15, 0.2) is 0 Å². The van der Waals surface area contributed by atoms with Crippen LogP contribution in [0.2, 0.25) is 0 Å². The van der Waals surface area contributed by atoms with Crippen LogP contribution in [0.15, 0.2) is 24.3 Å². The van der Waals surface area contributed by atoms with Gasteiger partial charge in [-0.25, -0.2) is 0 Å². The van der Waals surface area contributed by atoms with Crippen molar-refractivity contribution in [1.82, 2.24) is 9.80 Å². The van der Waals surface area contributed by atoms with Crippen LogP contribution in [-0.4, -0.2) is 49.4 Å². The fraction of sp³-hybridized carbons (Fsp3) is 0.500. The van der Waals surface area contributed by atoms with E-state index in [1.807, 2.05) is 45.3 Å². The number of carbonyl (C=O) groups excluding carboxylic acids is 1. The van der Waals surface area contributed by atoms with Crippen LogP contribution in [0.4, 0.5) is 0 Å². The number of carbonyl (C=O) groups is 1. The standard InChI is InChI=1S/C14H23N3O.2ClH/c1-11(9-15)17(4)14(18)13-7-5-6-12(8-13)10-16(2)3;;/h5-8,11H,9-10,15H2,1-4H3;2*1H. The van der Waals surface area contributed by atoms with E-state index in [4.69, 9.17) is 5.73 Å². The second kappa shape index (κ2) is 10.00. The fourth-order valence-electron chi connectivity index (χ4n) is 1.73. The van der Waals surface area contributed by atoms with Crippen LogP contribution in [0, 0.1) is 0 Å². The molecule has 0 aromatic heterocycles. The number of hydrogen-bond acceptors (Lipinski definition) is 3. The second-order valence-electron chi connectivity index (χ2n) is 4.94. The Labute approximate surface area is 134 Å². The zero-order valence-electron chi connectivity index (χ0n) is 12.5. The van der Waals surface area contributed by atoms with Crippen molar-refractivity contribution in [3.05, 3.63) is 35.4 Å². The molecule has 20 heavy (non-hydrogen) atoms. The first-order valence-electron chi connectivity index (χ1n) is 6.16. The summed E-state index contributed by atoms with van der Waals surface area (Å²) in [6.45, 7) is 3.25. The van der Waals surface area contributed by atoms with Crippen LogP contribution in [-0.2, 0) is 6.54 Å². The van der Waals surface area contributed by atoms with Gasteiger partial charge < -0.3 is 15.5 Å². The highest BCUT2D eigenvalue weighted by Gasteiger charge is 2.16. The molecular formula is C14H25Cl2N3O. The maximum Gasteiger partial charge on any atom is 0.253 e. The quantitative estimate of drug-likeness (QED) is 0.902. The molecule has 0 bridgehead atoms. The Morgan fingerprint density at radius 3 is 2.35 bits per heavy atom. The largest absolute Gasteiger partial charge is 0.338 e. The van der Waals surface area contributed by atoms with Crippen LogP contribution in [0.1, 0.15) is 22.8 Å². The first kappa shape index (κ1) is 21.5. The molecule has 0 aliphatic carbocycles. The van der Waals surface area contributed by atoms with Crippen LogP contribution >= 0.6 is 24.8 Å². The van der Waals surface area contributed by atoms with Gasteiger partial charge in [0.05, 0.1) is 0 Å². The van der Waals surface area contributed by atoms with E-state index in [1.165, 1.54) is 0 Å². The minimum atomic E-state index is 0. The van der Waals surface area contributed by atoms with Gasteiger partial charge in [0.1, 0.15) is 0 Å². The Balaban J connectivity index is 0. The zero-order chi connectivity index (χ0) is 13.7. The van der Waals surface area contributed by atoms with Gasteiger partial charge in [-0.15, -0.1) is 24.8 Å².